The summed E-state index contributed by atoms with van der Waals surface area (Å²) >= 11 is 0. The van der Waals surface area contributed by atoms with Crippen LogP contribution in [0.1, 0.15) is 5.56 Å². The van der Waals surface area contributed by atoms with Crippen LogP contribution in [0.25, 0.3) is 0 Å². The third-order valence-electron chi connectivity index (χ3n) is 1.50. The lowest BCUT2D eigenvalue weighted by atomic mass is 10.3. The maximum Gasteiger partial charge on any atom is 0.287 e. The molecule has 0 aliphatic rings. The highest BCUT2D eigenvalue weighted by atomic mass is 16.6. The Kier molecular flexibility index (Phi) is 2.11. The molecule has 6 nitrogen and oxygen atoms in total. The van der Waals surface area contributed by atoms with Gasteiger partial charge in [-0.3, -0.25) is 14.9 Å². The molecule has 0 saturated heterocycles. The van der Waals surface area contributed by atoms with E-state index < -0.39 is 10.5 Å². The minimum absolute atomic E-state index is 0.225. The van der Waals surface area contributed by atoms with Gasteiger partial charge in [-0.05, 0) is 0 Å². The molecule has 6 heteroatoms. The fourth-order valence-corrected chi connectivity index (χ4v) is 0.874. The average molecular weight is 179 g/mol. The number of hydrogen-bond donors (Lipinski definition) is 0. The van der Waals surface area contributed by atoms with E-state index in [2.05, 4.69) is 0 Å². The number of aryl methyl sites for hydroxylation is 1. The van der Waals surface area contributed by atoms with Crippen molar-refractivity contribution in [3.63, 3.8) is 0 Å². The molecule has 0 atom stereocenters. The second-order valence-corrected chi connectivity index (χ2v) is 2.40. The zero-order valence-corrected chi connectivity index (χ0v) is 6.72. The maximum absolute atomic E-state index is 11.1. The quantitative estimate of drug-likeness (QED) is 0.453. The van der Waals surface area contributed by atoms with Gasteiger partial charge in [0.2, 0.25) is 0 Å². The molecule has 0 spiro atoms. The predicted octanol–water partition coefficient (Wildman–Crippen LogP) is 0.165. The Morgan fingerprint density at radius 2 is 2.31 bits per heavy atom. The number of nitro groups is 1. The summed E-state index contributed by atoms with van der Waals surface area (Å²) in [5.74, 6) is 0. The zero-order chi connectivity index (χ0) is 10.0. The van der Waals surface area contributed by atoms with Crippen molar-refractivity contribution >= 4 is 5.69 Å². The van der Waals surface area contributed by atoms with E-state index in [0.717, 1.165) is 16.8 Å². The zero-order valence-electron chi connectivity index (χ0n) is 6.72. The van der Waals surface area contributed by atoms with Gasteiger partial charge in [0.25, 0.3) is 11.2 Å². The van der Waals surface area contributed by atoms with E-state index in [1.165, 1.54) is 7.05 Å². The highest BCUT2D eigenvalue weighted by molar-refractivity contribution is 5.37. The van der Waals surface area contributed by atoms with Crippen LogP contribution in [-0.4, -0.2) is 9.49 Å². The van der Waals surface area contributed by atoms with Gasteiger partial charge >= 0.3 is 0 Å². The lowest BCUT2D eigenvalue weighted by molar-refractivity contribution is -0.385. The van der Waals surface area contributed by atoms with Crippen LogP contribution in [0.4, 0.5) is 5.69 Å². The summed E-state index contributed by atoms with van der Waals surface area (Å²) in [6.45, 7) is 0. The van der Waals surface area contributed by atoms with Crippen molar-refractivity contribution in [2.45, 2.75) is 0 Å². The second-order valence-electron chi connectivity index (χ2n) is 2.40. The monoisotopic (exact) mass is 179 g/mol. The molecule has 66 valence electrons. The molecule has 1 rings (SSSR count). The van der Waals surface area contributed by atoms with Crippen molar-refractivity contribution in [1.29, 1.82) is 5.26 Å². The van der Waals surface area contributed by atoms with Crippen LogP contribution in [0.5, 0.6) is 0 Å². The van der Waals surface area contributed by atoms with Gasteiger partial charge in [-0.15, -0.1) is 0 Å². The average Bonchev–Trinajstić information content (AvgIpc) is 2.09. The smallest absolute Gasteiger partial charge is 0.287 e. The van der Waals surface area contributed by atoms with Gasteiger partial charge in [0.05, 0.1) is 11.1 Å². The molecule has 13 heavy (non-hydrogen) atoms. The van der Waals surface area contributed by atoms with E-state index in [4.69, 9.17) is 5.26 Å². The lowest BCUT2D eigenvalue weighted by Gasteiger charge is -1.96. The number of nitriles is 1. The summed E-state index contributed by atoms with van der Waals surface area (Å²) in [4.78, 5) is 20.8. The summed E-state index contributed by atoms with van der Waals surface area (Å²) in [6.07, 6.45) is 1.07. The van der Waals surface area contributed by atoms with E-state index in [1.54, 1.807) is 6.07 Å². The largest absolute Gasteiger partial charge is 0.311 e. The van der Waals surface area contributed by atoms with Gasteiger partial charge in [-0.2, -0.15) is 5.26 Å². The number of aromatic nitrogens is 1. The van der Waals surface area contributed by atoms with Crippen LogP contribution in [0, 0.1) is 21.4 Å². The molecule has 0 N–H and O–H groups in total. The molecule has 0 aliphatic carbocycles. The van der Waals surface area contributed by atoms with Crippen LogP contribution in [-0.2, 0) is 7.05 Å². The standard InChI is InChI=1S/C7H5N3O3/c1-9-4-6(10(12)13)2-5(3-8)7(9)11/h2,4H,1H3. The normalized spacial score (nSPS) is 9.23. The molecule has 0 aromatic carbocycles. The van der Waals surface area contributed by atoms with Crippen LogP contribution in [0.15, 0.2) is 17.1 Å². The first-order valence-electron chi connectivity index (χ1n) is 3.31. The summed E-state index contributed by atoms with van der Waals surface area (Å²) in [6, 6.07) is 2.55. The first kappa shape index (κ1) is 8.93. The van der Waals surface area contributed by atoms with Gasteiger partial charge in [-0.1, -0.05) is 0 Å². The minimum Gasteiger partial charge on any atom is -0.311 e. The van der Waals surface area contributed by atoms with Crippen molar-refractivity contribution in [1.82, 2.24) is 4.57 Å². The van der Waals surface area contributed by atoms with Crippen LogP contribution in [0.2, 0.25) is 0 Å². The highest BCUT2D eigenvalue weighted by Gasteiger charge is 2.11. The molecule has 1 aromatic rings. The maximum atomic E-state index is 11.1. The molecule has 0 fully saturated rings. The molecule has 1 aromatic heterocycles. The van der Waals surface area contributed by atoms with E-state index in [0.29, 0.717) is 0 Å². The first-order chi connectivity index (χ1) is 6.06. The third-order valence-corrected chi connectivity index (χ3v) is 1.50. The number of rotatable bonds is 1. The van der Waals surface area contributed by atoms with Gasteiger partial charge < -0.3 is 4.57 Å². The third kappa shape index (κ3) is 1.54. The van der Waals surface area contributed by atoms with Crippen molar-refractivity contribution in [3.8, 4) is 6.07 Å². The summed E-state index contributed by atoms with van der Waals surface area (Å²) in [7, 11) is 1.36. The van der Waals surface area contributed by atoms with E-state index in [1.807, 2.05) is 0 Å². The van der Waals surface area contributed by atoms with Gasteiger partial charge in [0.1, 0.15) is 11.6 Å². The Hall–Kier alpha value is -2.16. The predicted molar refractivity (Wildman–Crippen MR) is 43.1 cm³/mol. The molecular formula is C7H5N3O3. The molecule has 0 amide bonds. The lowest BCUT2D eigenvalue weighted by Crippen LogP contribution is -2.19. The van der Waals surface area contributed by atoms with Crippen LogP contribution in [0.3, 0.4) is 0 Å². The first-order valence-corrected chi connectivity index (χ1v) is 3.31. The Bertz CT molecular complexity index is 455. The molecule has 0 aliphatic heterocycles. The fraction of sp³-hybridized carbons (Fsp3) is 0.143. The summed E-state index contributed by atoms with van der Waals surface area (Å²) < 4.78 is 1.01. The number of nitrogens with zero attached hydrogens (tertiary/aromatic N) is 3. The van der Waals surface area contributed by atoms with Crippen molar-refractivity contribution in [3.05, 3.63) is 38.3 Å². The molecule has 0 unspecified atom stereocenters. The highest BCUT2D eigenvalue weighted by Crippen LogP contribution is 2.08. The van der Waals surface area contributed by atoms with Gasteiger partial charge in [0, 0.05) is 13.1 Å². The Balaban J connectivity index is 3.50. The number of hydrogen-bond acceptors (Lipinski definition) is 4. The molecule has 0 saturated carbocycles. The summed E-state index contributed by atoms with van der Waals surface area (Å²) in [5.41, 5.74) is -1.02. The Labute approximate surface area is 72.8 Å². The fourth-order valence-electron chi connectivity index (χ4n) is 0.874. The molecule has 0 bridgehead atoms. The van der Waals surface area contributed by atoms with Crippen molar-refractivity contribution in [2.75, 3.05) is 0 Å². The SMILES string of the molecule is Cn1cc([N+](=O)[O-])cc(C#N)c1=O. The van der Waals surface area contributed by atoms with Gasteiger partial charge in [-0.25, -0.2) is 0 Å². The van der Waals surface area contributed by atoms with Gasteiger partial charge in [0.15, 0.2) is 0 Å². The van der Waals surface area contributed by atoms with E-state index in [-0.39, 0.29) is 11.3 Å². The molecular weight excluding hydrogens is 174 g/mol. The minimum atomic E-state index is -0.653. The van der Waals surface area contributed by atoms with Crippen molar-refractivity contribution in [2.24, 2.45) is 7.05 Å². The topological polar surface area (TPSA) is 88.9 Å². The van der Waals surface area contributed by atoms with E-state index in [9.17, 15) is 14.9 Å². The second kappa shape index (κ2) is 3.06. The van der Waals surface area contributed by atoms with E-state index >= 15 is 0 Å². The molecule has 0 radical (unpaired) electrons. The number of pyridine rings is 1. The molecule has 1 heterocycles. The van der Waals surface area contributed by atoms with Crippen molar-refractivity contribution < 1.29 is 4.92 Å². The Morgan fingerprint density at radius 3 is 2.77 bits per heavy atom. The summed E-state index contributed by atoms with van der Waals surface area (Å²) in [5, 5.41) is 18.8. The van der Waals surface area contributed by atoms with Crippen LogP contribution < -0.4 is 5.56 Å². The Morgan fingerprint density at radius 1 is 1.69 bits per heavy atom. The van der Waals surface area contributed by atoms with Crippen LogP contribution >= 0.6 is 0 Å².